The van der Waals surface area contributed by atoms with Gasteiger partial charge in [0.25, 0.3) is 11.5 Å². The van der Waals surface area contributed by atoms with Crippen molar-refractivity contribution in [3.63, 3.8) is 0 Å². The van der Waals surface area contributed by atoms with Crippen LogP contribution in [-0.4, -0.2) is 15.0 Å². The van der Waals surface area contributed by atoms with Gasteiger partial charge in [0.1, 0.15) is 0 Å². The molecule has 0 spiro atoms. The number of carbonyl (C=O) groups excluding carboxylic acids is 1. The molecule has 1 N–H and O–H groups in total. The fraction of sp³-hybridized carbons (Fsp3) is 0.171. The maximum Gasteiger partial charge on any atom is 0.271 e. The maximum absolute atomic E-state index is 14.1. The van der Waals surface area contributed by atoms with E-state index in [1.807, 2.05) is 74.5 Å². The fourth-order valence-corrected chi connectivity index (χ4v) is 6.60. The topological polar surface area (TPSA) is 68.4 Å². The smallest absolute Gasteiger partial charge is 0.271 e. The zero-order chi connectivity index (χ0) is 29.5. The number of rotatable bonds is 5. The summed E-state index contributed by atoms with van der Waals surface area (Å²) in [6.07, 6.45) is 1.95. The molecular formula is C35H32N4O2S. The first-order valence-electron chi connectivity index (χ1n) is 13.9. The Balaban J connectivity index is 1.49. The first kappa shape index (κ1) is 27.4. The third-order valence-corrected chi connectivity index (χ3v) is 8.72. The van der Waals surface area contributed by atoms with E-state index in [9.17, 15) is 9.59 Å². The molecule has 1 aliphatic heterocycles. The lowest BCUT2D eigenvalue weighted by Gasteiger charge is -2.25. The average Bonchev–Trinajstić information content (AvgIpc) is 3.43. The number of para-hydroxylation sites is 1. The van der Waals surface area contributed by atoms with E-state index in [0.29, 0.717) is 26.3 Å². The number of amides is 1. The summed E-state index contributed by atoms with van der Waals surface area (Å²) < 4.78 is 4.45. The van der Waals surface area contributed by atoms with Gasteiger partial charge in [-0.05, 0) is 82.2 Å². The van der Waals surface area contributed by atoms with Crippen LogP contribution in [0, 0.1) is 27.7 Å². The molecule has 1 atom stereocenters. The molecule has 0 saturated carbocycles. The van der Waals surface area contributed by atoms with Crippen LogP contribution in [0.25, 0.3) is 11.8 Å². The van der Waals surface area contributed by atoms with Crippen molar-refractivity contribution in [2.24, 2.45) is 4.99 Å². The third kappa shape index (κ3) is 4.97. The molecule has 6 nitrogen and oxygen atoms in total. The van der Waals surface area contributed by atoms with Gasteiger partial charge in [-0.15, -0.1) is 0 Å². The summed E-state index contributed by atoms with van der Waals surface area (Å²) in [6.45, 7) is 10.1. The Bertz CT molecular complexity index is 2030. The zero-order valence-corrected chi connectivity index (χ0v) is 25.1. The van der Waals surface area contributed by atoms with Crippen molar-refractivity contribution in [3.05, 3.63) is 150 Å². The number of allylic oxidation sites excluding steroid dienone is 1. The van der Waals surface area contributed by atoms with Crippen LogP contribution in [0.3, 0.4) is 0 Å². The normalized spacial score (nSPS) is 15.0. The van der Waals surface area contributed by atoms with Gasteiger partial charge < -0.3 is 9.88 Å². The van der Waals surface area contributed by atoms with Gasteiger partial charge >= 0.3 is 0 Å². The molecule has 0 saturated heterocycles. The molecule has 6 rings (SSSR count). The summed E-state index contributed by atoms with van der Waals surface area (Å²) in [7, 11) is 0. The second kappa shape index (κ2) is 10.9. The van der Waals surface area contributed by atoms with Gasteiger partial charge in [-0.25, -0.2) is 4.99 Å². The summed E-state index contributed by atoms with van der Waals surface area (Å²) in [5.74, 6) is -0.274. The van der Waals surface area contributed by atoms with Crippen LogP contribution in [0.2, 0.25) is 0 Å². The highest BCUT2D eigenvalue weighted by molar-refractivity contribution is 7.07. The molecule has 2 aromatic heterocycles. The van der Waals surface area contributed by atoms with E-state index in [1.165, 1.54) is 16.9 Å². The number of thiazole rings is 1. The van der Waals surface area contributed by atoms with E-state index in [2.05, 4.69) is 61.0 Å². The van der Waals surface area contributed by atoms with Crippen molar-refractivity contribution in [2.75, 3.05) is 5.32 Å². The molecule has 0 radical (unpaired) electrons. The number of hydrogen-bond donors (Lipinski definition) is 1. The third-order valence-electron chi connectivity index (χ3n) is 7.74. The van der Waals surface area contributed by atoms with Gasteiger partial charge in [0.2, 0.25) is 0 Å². The highest BCUT2D eigenvalue weighted by Gasteiger charge is 2.32. The molecular weight excluding hydrogens is 540 g/mol. The van der Waals surface area contributed by atoms with Gasteiger partial charge in [0, 0.05) is 22.8 Å². The highest BCUT2D eigenvalue weighted by atomic mass is 32.1. The van der Waals surface area contributed by atoms with E-state index < -0.39 is 6.04 Å². The molecule has 0 fully saturated rings. The summed E-state index contributed by atoms with van der Waals surface area (Å²) in [5.41, 5.74) is 8.94. The Morgan fingerprint density at radius 2 is 1.52 bits per heavy atom. The number of aromatic nitrogens is 2. The predicted molar refractivity (Wildman–Crippen MR) is 170 cm³/mol. The predicted octanol–water partition coefficient (Wildman–Crippen LogP) is 5.90. The van der Waals surface area contributed by atoms with Gasteiger partial charge in [-0.3, -0.25) is 14.2 Å². The lowest BCUT2D eigenvalue weighted by molar-refractivity contribution is -0.113. The SMILES string of the molecule is CC1=C(C(=O)Nc2ccccc2)[C@H](c2ccc(C)cc2)n2c(s/c(=C\c3cc(C)n(-c4ccc(C)cc4)c3C)c2=O)=N1. The van der Waals surface area contributed by atoms with Crippen molar-refractivity contribution in [1.82, 2.24) is 9.13 Å². The number of carbonyl (C=O) groups is 1. The Morgan fingerprint density at radius 3 is 2.19 bits per heavy atom. The largest absolute Gasteiger partial charge is 0.322 e. The Kier molecular flexibility index (Phi) is 7.12. The van der Waals surface area contributed by atoms with Crippen molar-refractivity contribution in [1.29, 1.82) is 0 Å². The molecule has 7 heteroatoms. The molecule has 210 valence electrons. The van der Waals surface area contributed by atoms with E-state index in [1.54, 1.807) is 4.57 Å². The Morgan fingerprint density at radius 1 is 0.881 bits per heavy atom. The van der Waals surface area contributed by atoms with Crippen LogP contribution in [0.4, 0.5) is 5.69 Å². The summed E-state index contributed by atoms with van der Waals surface area (Å²) in [5, 5.41) is 3.01. The van der Waals surface area contributed by atoms with Gasteiger partial charge in [0.05, 0.1) is 21.8 Å². The van der Waals surface area contributed by atoms with E-state index in [4.69, 9.17) is 4.99 Å². The van der Waals surface area contributed by atoms with Crippen LogP contribution in [0.1, 0.15) is 46.6 Å². The lowest BCUT2D eigenvalue weighted by atomic mass is 9.94. The molecule has 1 aliphatic rings. The van der Waals surface area contributed by atoms with E-state index in [0.717, 1.165) is 33.8 Å². The zero-order valence-electron chi connectivity index (χ0n) is 24.3. The highest BCUT2D eigenvalue weighted by Crippen LogP contribution is 2.31. The minimum atomic E-state index is -0.604. The molecule has 42 heavy (non-hydrogen) atoms. The molecule has 0 bridgehead atoms. The average molecular weight is 573 g/mol. The first-order valence-corrected chi connectivity index (χ1v) is 14.7. The van der Waals surface area contributed by atoms with E-state index in [-0.39, 0.29) is 11.5 Å². The lowest BCUT2D eigenvalue weighted by Crippen LogP contribution is -2.40. The number of hydrogen-bond acceptors (Lipinski definition) is 4. The standard InChI is InChI=1S/C35H32N4O2S/c1-21-11-15-26(16-12-21)32-31(33(40)37-28-9-7-6-8-10-28)24(4)36-35-39(32)34(41)30(42-35)20-27-19-23(3)38(25(27)5)29-17-13-22(2)14-18-29/h6-20,32H,1-5H3,(H,37,40)/b30-20-/t32-/m0/s1. The molecule has 0 unspecified atom stereocenters. The minimum Gasteiger partial charge on any atom is -0.322 e. The number of nitrogens with zero attached hydrogens (tertiary/aromatic N) is 3. The molecule has 3 aromatic carbocycles. The number of benzene rings is 3. The second-order valence-electron chi connectivity index (χ2n) is 10.8. The van der Waals surface area contributed by atoms with Crippen LogP contribution >= 0.6 is 11.3 Å². The molecule has 5 aromatic rings. The Labute approximate surface area is 248 Å². The van der Waals surface area contributed by atoms with Crippen molar-refractivity contribution >= 4 is 29.0 Å². The number of aryl methyl sites for hydroxylation is 3. The molecule has 1 amide bonds. The Hall–Kier alpha value is -4.75. The van der Waals surface area contributed by atoms with Gasteiger partial charge in [0.15, 0.2) is 4.80 Å². The van der Waals surface area contributed by atoms with Crippen LogP contribution in [0.15, 0.2) is 106 Å². The first-order chi connectivity index (χ1) is 20.2. The molecule has 0 aliphatic carbocycles. The maximum atomic E-state index is 14.1. The quantitative estimate of drug-likeness (QED) is 0.285. The minimum absolute atomic E-state index is 0.165. The number of fused-ring (bicyclic) bond motifs is 1. The summed E-state index contributed by atoms with van der Waals surface area (Å²) in [4.78, 5) is 33.2. The number of nitrogens with one attached hydrogen (secondary N) is 1. The summed E-state index contributed by atoms with van der Waals surface area (Å²) >= 11 is 1.35. The monoisotopic (exact) mass is 572 g/mol. The van der Waals surface area contributed by atoms with Gasteiger partial charge in [-0.2, -0.15) is 0 Å². The van der Waals surface area contributed by atoms with Crippen LogP contribution in [-0.2, 0) is 4.79 Å². The van der Waals surface area contributed by atoms with Crippen LogP contribution < -0.4 is 20.2 Å². The number of anilines is 1. The van der Waals surface area contributed by atoms with E-state index >= 15 is 0 Å². The van der Waals surface area contributed by atoms with Crippen LogP contribution in [0.5, 0.6) is 0 Å². The molecule has 3 heterocycles. The second-order valence-corrected chi connectivity index (χ2v) is 11.8. The van der Waals surface area contributed by atoms with Crippen molar-refractivity contribution < 1.29 is 4.79 Å². The van der Waals surface area contributed by atoms with Crippen molar-refractivity contribution in [3.8, 4) is 5.69 Å². The fourth-order valence-electron chi connectivity index (χ4n) is 5.56. The van der Waals surface area contributed by atoms with Crippen molar-refractivity contribution in [2.45, 2.75) is 40.7 Å². The van der Waals surface area contributed by atoms with Gasteiger partial charge in [-0.1, -0.05) is 77.1 Å². The summed E-state index contributed by atoms with van der Waals surface area (Å²) in [6, 6.07) is 27.3.